The van der Waals surface area contributed by atoms with Gasteiger partial charge in [-0.15, -0.1) is 11.3 Å². The number of hydrogen-bond acceptors (Lipinski definition) is 5. The lowest BCUT2D eigenvalue weighted by Gasteiger charge is -2.09. The van der Waals surface area contributed by atoms with Gasteiger partial charge in [0, 0.05) is 6.54 Å². The van der Waals surface area contributed by atoms with Gasteiger partial charge in [0.1, 0.15) is 16.4 Å². The number of sulfonamides is 1. The van der Waals surface area contributed by atoms with Crippen molar-refractivity contribution in [2.75, 3.05) is 19.8 Å². The highest BCUT2D eigenvalue weighted by Gasteiger charge is 2.28. The van der Waals surface area contributed by atoms with Crippen molar-refractivity contribution in [2.24, 2.45) is 0 Å². The molecule has 0 spiro atoms. The van der Waals surface area contributed by atoms with E-state index in [-0.39, 0.29) is 15.3 Å². The van der Waals surface area contributed by atoms with Gasteiger partial charge in [-0.1, -0.05) is 0 Å². The van der Waals surface area contributed by atoms with Gasteiger partial charge in [0.05, 0.1) is 6.61 Å². The number of aryl methyl sites for hydroxylation is 1. The summed E-state index contributed by atoms with van der Waals surface area (Å²) in [5, 5.41) is 10.3. The number of alkyl halides is 3. The Morgan fingerprint density at radius 1 is 1.48 bits per heavy atom. The zero-order valence-corrected chi connectivity index (χ0v) is 12.4. The van der Waals surface area contributed by atoms with Crippen LogP contribution in [0, 0.1) is 6.92 Å². The molecule has 1 aromatic heterocycles. The smallest absolute Gasteiger partial charge is 0.411 e. The van der Waals surface area contributed by atoms with E-state index in [0.29, 0.717) is 0 Å². The van der Waals surface area contributed by atoms with Crippen LogP contribution in [0.3, 0.4) is 0 Å². The standard InChI is InChI=1S/C10H12F3NO5S2/c1-6-4-20-7(9(15)16)8(6)21(17,18)14-2-3-19-5-10(11,12)13/h4,14H,2-3,5H2,1H3,(H,15,16). The van der Waals surface area contributed by atoms with Crippen molar-refractivity contribution in [2.45, 2.75) is 18.0 Å². The molecule has 2 N–H and O–H groups in total. The molecule has 0 amide bonds. The van der Waals surface area contributed by atoms with Crippen LogP contribution >= 0.6 is 11.3 Å². The molecule has 0 fully saturated rings. The molecule has 0 saturated heterocycles. The monoisotopic (exact) mass is 347 g/mol. The molecule has 1 aromatic rings. The third-order valence-electron chi connectivity index (χ3n) is 2.19. The molecule has 0 unspecified atom stereocenters. The van der Waals surface area contributed by atoms with Crippen molar-refractivity contribution in [1.82, 2.24) is 4.72 Å². The first kappa shape index (κ1) is 17.9. The summed E-state index contributed by atoms with van der Waals surface area (Å²) in [4.78, 5) is 10.2. The molecular weight excluding hydrogens is 335 g/mol. The zero-order chi connectivity index (χ0) is 16.3. The Morgan fingerprint density at radius 3 is 2.62 bits per heavy atom. The van der Waals surface area contributed by atoms with Crippen LogP contribution < -0.4 is 4.72 Å². The number of halogens is 3. The largest absolute Gasteiger partial charge is 0.477 e. The molecule has 0 atom stereocenters. The Labute approximate surface area is 122 Å². The second-order valence-electron chi connectivity index (χ2n) is 3.95. The van der Waals surface area contributed by atoms with E-state index in [1.165, 1.54) is 12.3 Å². The van der Waals surface area contributed by atoms with E-state index in [4.69, 9.17) is 5.11 Å². The number of aromatic carboxylic acids is 1. The second kappa shape index (κ2) is 6.73. The summed E-state index contributed by atoms with van der Waals surface area (Å²) < 4.78 is 65.6. The van der Waals surface area contributed by atoms with Gasteiger partial charge in [-0.25, -0.2) is 17.9 Å². The first-order valence-electron chi connectivity index (χ1n) is 5.50. The van der Waals surface area contributed by atoms with Crippen molar-refractivity contribution in [3.05, 3.63) is 15.8 Å². The van der Waals surface area contributed by atoms with Gasteiger partial charge in [-0.05, 0) is 17.9 Å². The summed E-state index contributed by atoms with van der Waals surface area (Å²) in [7, 11) is -4.12. The summed E-state index contributed by atoms with van der Waals surface area (Å²) in [5.41, 5.74) is 0.251. The predicted octanol–water partition coefficient (Wildman–Crippen LogP) is 1.61. The number of carbonyl (C=O) groups is 1. The van der Waals surface area contributed by atoms with Crippen LogP contribution in [0.15, 0.2) is 10.3 Å². The first-order chi connectivity index (χ1) is 9.54. The highest BCUT2D eigenvalue weighted by Crippen LogP contribution is 2.26. The van der Waals surface area contributed by atoms with E-state index in [1.807, 2.05) is 4.72 Å². The molecule has 0 aromatic carbocycles. The molecule has 0 aliphatic carbocycles. The minimum Gasteiger partial charge on any atom is -0.477 e. The highest BCUT2D eigenvalue weighted by atomic mass is 32.2. The molecule has 0 saturated carbocycles. The number of carboxylic acid groups (broad SMARTS) is 1. The normalized spacial score (nSPS) is 12.6. The van der Waals surface area contributed by atoms with Crippen molar-refractivity contribution < 1.29 is 36.2 Å². The second-order valence-corrected chi connectivity index (χ2v) is 6.53. The Hall–Kier alpha value is -1.17. The Balaban J connectivity index is 2.67. The molecule has 1 rings (SSSR count). The fourth-order valence-corrected chi connectivity index (χ4v) is 4.06. The van der Waals surface area contributed by atoms with E-state index in [2.05, 4.69) is 4.74 Å². The van der Waals surface area contributed by atoms with Crippen LogP contribution in [0.5, 0.6) is 0 Å². The minimum atomic E-state index is -4.49. The van der Waals surface area contributed by atoms with E-state index in [1.54, 1.807) is 0 Å². The lowest BCUT2D eigenvalue weighted by Crippen LogP contribution is -2.30. The van der Waals surface area contributed by atoms with Gasteiger partial charge < -0.3 is 9.84 Å². The molecule has 21 heavy (non-hydrogen) atoms. The topological polar surface area (TPSA) is 92.7 Å². The maximum atomic E-state index is 12.0. The van der Waals surface area contributed by atoms with Crippen molar-refractivity contribution in [3.8, 4) is 0 Å². The minimum absolute atomic E-state index is 0.251. The SMILES string of the molecule is Cc1csc(C(=O)O)c1S(=O)(=O)NCCOCC(F)(F)F. The Morgan fingerprint density at radius 2 is 2.10 bits per heavy atom. The average Bonchev–Trinajstić information content (AvgIpc) is 2.70. The molecule has 0 aliphatic heterocycles. The van der Waals surface area contributed by atoms with Crippen LogP contribution in [0.2, 0.25) is 0 Å². The van der Waals surface area contributed by atoms with Gasteiger partial charge in [-0.2, -0.15) is 13.2 Å². The van der Waals surface area contributed by atoms with Gasteiger partial charge in [0.15, 0.2) is 0 Å². The molecule has 0 bridgehead atoms. The lowest BCUT2D eigenvalue weighted by atomic mass is 10.3. The quantitative estimate of drug-likeness (QED) is 0.731. The fourth-order valence-electron chi connectivity index (χ4n) is 1.42. The van der Waals surface area contributed by atoms with Crippen molar-refractivity contribution in [3.63, 3.8) is 0 Å². The lowest BCUT2D eigenvalue weighted by molar-refractivity contribution is -0.173. The number of hydrogen-bond donors (Lipinski definition) is 2. The summed E-state index contributed by atoms with van der Waals surface area (Å²) in [5.74, 6) is -1.39. The third-order valence-corrected chi connectivity index (χ3v) is 5.05. The number of ether oxygens (including phenoxy) is 1. The van der Waals surface area contributed by atoms with Crippen LogP contribution in [-0.4, -0.2) is 45.4 Å². The van der Waals surface area contributed by atoms with Crippen molar-refractivity contribution in [1.29, 1.82) is 0 Å². The average molecular weight is 347 g/mol. The molecule has 120 valence electrons. The predicted molar refractivity (Wildman–Crippen MR) is 68.1 cm³/mol. The van der Waals surface area contributed by atoms with Gasteiger partial charge in [-0.3, -0.25) is 0 Å². The number of rotatable bonds is 7. The molecule has 0 radical (unpaired) electrons. The van der Waals surface area contributed by atoms with Gasteiger partial charge in [0.25, 0.3) is 0 Å². The van der Waals surface area contributed by atoms with E-state index in [9.17, 15) is 26.4 Å². The maximum absolute atomic E-state index is 12.0. The summed E-state index contributed by atoms with van der Waals surface area (Å²) in [6.07, 6.45) is -4.49. The van der Waals surface area contributed by atoms with Crippen molar-refractivity contribution >= 4 is 27.3 Å². The van der Waals surface area contributed by atoms with E-state index in [0.717, 1.165) is 11.3 Å². The number of nitrogens with one attached hydrogen (secondary N) is 1. The Bertz CT molecular complexity index is 609. The third kappa shape index (κ3) is 5.26. The molecule has 1 heterocycles. The molecule has 6 nitrogen and oxygen atoms in total. The van der Waals surface area contributed by atoms with Gasteiger partial charge >= 0.3 is 12.1 Å². The molecule has 11 heteroatoms. The van der Waals surface area contributed by atoms with Crippen LogP contribution in [0.4, 0.5) is 13.2 Å². The van der Waals surface area contributed by atoms with Crippen LogP contribution in [-0.2, 0) is 14.8 Å². The summed E-state index contributed by atoms with van der Waals surface area (Å²) in [6, 6.07) is 0. The van der Waals surface area contributed by atoms with E-state index < -0.39 is 41.9 Å². The van der Waals surface area contributed by atoms with Crippen LogP contribution in [0.25, 0.3) is 0 Å². The highest BCUT2D eigenvalue weighted by molar-refractivity contribution is 7.89. The van der Waals surface area contributed by atoms with Gasteiger partial charge in [0.2, 0.25) is 10.0 Å². The molecular formula is C10H12F3NO5S2. The Kier molecular flexibility index (Phi) is 5.73. The maximum Gasteiger partial charge on any atom is 0.411 e. The molecule has 0 aliphatic rings. The summed E-state index contributed by atoms with van der Waals surface area (Å²) >= 11 is 0.760. The van der Waals surface area contributed by atoms with E-state index >= 15 is 0 Å². The number of carboxylic acids is 1. The fraction of sp³-hybridized carbons (Fsp3) is 0.500. The zero-order valence-electron chi connectivity index (χ0n) is 10.7. The number of thiophene rings is 1. The van der Waals surface area contributed by atoms with Crippen LogP contribution in [0.1, 0.15) is 15.2 Å². The first-order valence-corrected chi connectivity index (χ1v) is 7.86. The summed E-state index contributed by atoms with van der Waals surface area (Å²) in [6.45, 7) is -0.929.